The first kappa shape index (κ1) is 12.8. The van der Waals surface area contributed by atoms with E-state index in [1.165, 1.54) is 4.90 Å². The summed E-state index contributed by atoms with van der Waals surface area (Å²) in [6.07, 6.45) is 1.95. The second-order valence-electron chi connectivity index (χ2n) is 4.88. The van der Waals surface area contributed by atoms with E-state index in [0.717, 1.165) is 12.8 Å². The van der Waals surface area contributed by atoms with Gasteiger partial charge in [-0.1, -0.05) is 29.3 Å². The summed E-state index contributed by atoms with van der Waals surface area (Å²) in [5, 5.41) is 3.51. The first-order chi connectivity index (χ1) is 9.08. The lowest BCUT2D eigenvalue weighted by Crippen LogP contribution is -2.59. The number of piperazine rings is 1. The maximum atomic E-state index is 12.5. The van der Waals surface area contributed by atoms with Crippen molar-refractivity contribution >= 4 is 40.7 Å². The Hall–Kier alpha value is -1.26. The highest BCUT2D eigenvalue weighted by Crippen LogP contribution is 2.38. The topological polar surface area (TPSA) is 49.4 Å². The summed E-state index contributed by atoms with van der Waals surface area (Å²) in [6.45, 7) is -0.0362. The van der Waals surface area contributed by atoms with Crippen LogP contribution in [0.2, 0.25) is 10.0 Å². The van der Waals surface area contributed by atoms with Crippen molar-refractivity contribution in [2.45, 2.75) is 18.9 Å². The number of carbonyl (C=O) groups is 2. The highest BCUT2D eigenvalue weighted by atomic mass is 35.5. The van der Waals surface area contributed by atoms with Gasteiger partial charge in [0, 0.05) is 0 Å². The fourth-order valence-corrected chi connectivity index (χ4v) is 2.96. The van der Waals surface area contributed by atoms with Crippen molar-refractivity contribution in [3.05, 3.63) is 28.2 Å². The highest BCUT2D eigenvalue weighted by Gasteiger charge is 2.43. The highest BCUT2D eigenvalue weighted by molar-refractivity contribution is 6.40. The Labute approximate surface area is 120 Å². The summed E-state index contributed by atoms with van der Waals surface area (Å²) in [5.74, 6) is -0.0508. The van der Waals surface area contributed by atoms with Gasteiger partial charge in [-0.15, -0.1) is 0 Å². The van der Waals surface area contributed by atoms with Crippen LogP contribution in [0.25, 0.3) is 0 Å². The van der Waals surface area contributed by atoms with Gasteiger partial charge in [-0.2, -0.15) is 0 Å². The van der Waals surface area contributed by atoms with Crippen LogP contribution in [0.3, 0.4) is 0 Å². The summed E-state index contributed by atoms with van der Waals surface area (Å²) in [6, 6.07) is 4.60. The van der Waals surface area contributed by atoms with Crippen molar-refractivity contribution in [3.63, 3.8) is 0 Å². The van der Waals surface area contributed by atoms with Crippen LogP contribution in [0, 0.1) is 5.92 Å². The number of nitrogens with one attached hydrogen (secondary N) is 1. The average Bonchev–Trinajstić information content (AvgIpc) is 3.17. The molecule has 6 heteroatoms. The van der Waals surface area contributed by atoms with Crippen LogP contribution in [0.5, 0.6) is 0 Å². The van der Waals surface area contributed by atoms with Crippen LogP contribution in [0.15, 0.2) is 18.2 Å². The van der Waals surface area contributed by atoms with Crippen LogP contribution in [0.4, 0.5) is 5.69 Å². The van der Waals surface area contributed by atoms with E-state index in [2.05, 4.69) is 5.32 Å². The summed E-state index contributed by atoms with van der Waals surface area (Å²) in [4.78, 5) is 25.6. The minimum Gasteiger partial charge on any atom is -0.342 e. The molecule has 4 nitrogen and oxygen atoms in total. The molecule has 0 spiro atoms. The van der Waals surface area contributed by atoms with E-state index in [4.69, 9.17) is 23.2 Å². The molecule has 100 valence electrons. The standard InChI is InChI=1S/C13H12Cl2N2O2/c14-8-2-1-3-9(15)12(8)17-6-10(18)16-11(13(17)19)7-4-5-7/h1-3,7,11H,4-6H2,(H,16,18). The van der Waals surface area contributed by atoms with Crippen molar-refractivity contribution in [3.8, 4) is 0 Å². The molecule has 19 heavy (non-hydrogen) atoms. The van der Waals surface area contributed by atoms with Crippen LogP contribution in [-0.4, -0.2) is 24.4 Å². The molecule has 1 aromatic carbocycles. The molecule has 1 aliphatic heterocycles. The van der Waals surface area contributed by atoms with E-state index < -0.39 is 6.04 Å². The van der Waals surface area contributed by atoms with Crippen LogP contribution in [0.1, 0.15) is 12.8 Å². The fraction of sp³-hybridized carbons (Fsp3) is 0.385. The number of nitrogens with zero attached hydrogens (tertiary/aromatic N) is 1. The van der Waals surface area contributed by atoms with Crippen LogP contribution >= 0.6 is 23.2 Å². The molecule has 3 rings (SSSR count). The van der Waals surface area contributed by atoms with E-state index in [1.807, 2.05) is 0 Å². The average molecular weight is 299 g/mol. The van der Waals surface area contributed by atoms with E-state index in [9.17, 15) is 9.59 Å². The molecule has 1 heterocycles. The Morgan fingerprint density at radius 2 is 1.79 bits per heavy atom. The maximum Gasteiger partial charge on any atom is 0.250 e. The van der Waals surface area contributed by atoms with Gasteiger partial charge < -0.3 is 5.32 Å². The number of hydrogen-bond acceptors (Lipinski definition) is 2. The van der Waals surface area contributed by atoms with Crippen molar-refractivity contribution in [2.75, 3.05) is 11.4 Å². The van der Waals surface area contributed by atoms with Crippen molar-refractivity contribution < 1.29 is 9.59 Å². The molecule has 1 unspecified atom stereocenters. The predicted octanol–water partition coefficient (Wildman–Crippen LogP) is 2.23. The molecule has 2 fully saturated rings. The molecule has 0 radical (unpaired) electrons. The molecule has 0 bridgehead atoms. The minimum absolute atomic E-state index is 0.0362. The number of rotatable bonds is 2. The van der Waals surface area contributed by atoms with E-state index in [0.29, 0.717) is 15.7 Å². The van der Waals surface area contributed by atoms with Crippen molar-refractivity contribution in [1.82, 2.24) is 5.32 Å². The Morgan fingerprint density at radius 3 is 2.37 bits per heavy atom. The molecule has 1 aromatic rings. The molecule has 2 amide bonds. The van der Waals surface area contributed by atoms with E-state index >= 15 is 0 Å². The zero-order valence-corrected chi connectivity index (χ0v) is 11.5. The zero-order chi connectivity index (χ0) is 13.6. The molecule has 0 aromatic heterocycles. The summed E-state index contributed by atoms with van der Waals surface area (Å²) in [5.41, 5.74) is 0.427. The Bertz CT molecular complexity index is 537. The minimum atomic E-state index is -0.436. The SMILES string of the molecule is O=C1CN(c2c(Cl)cccc2Cl)C(=O)C(C2CC2)N1. The number of benzene rings is 1. The predicted molar refractivity (Wildman–Crippen MR) is 73.5 cm³/mol. The number of anilines is 1. The lowest BCUT2D eigenvalue weighted by molar-refractivity contribution is -0.131. The number of amides is 2. The second-order valence-corrected chi connectivity index (χ2v) is 5.69. The monoisotopic (exact) mass is 298 g/mol. The summed E-state index contributed by atoms with van der Waals surface area (Å²) < 4.78 is 0. The molecule has 1 N–H and O–H groups in total. The van der Waals surface area contributed by atoms with Gasteiger partial charge in [-0.05, 0) is 30.9 Å². The maximum absolute atomic E-state index is 12.5. The van der Waals surface area contributed by atoms with Gasteiger partial charge in [0.05, 0.1) is 15.7 Å². The third-order valence-corrected chi connectivity index (χ3v) is 4.06. The molecule has 1 atom stereocenters. The van der Waals surface area contributed by atoms with Crippen molar-refractivity contribution in [1.29, 1.82) is 0 Å². The van der Waals surface area contributed by atoms with Crippen LogP contribution in [-0.2, 0) is 9.59 Å². The third-order valence-electron chi connectivity index (χ3n) is 3.45. The van der Waals surface area contributed by atoms with Gasteiger partial charge in [0.1, 0.15) is 12.6 Å². The first-order valence-corrected chi connectivity index (χ1v) is 6.88. The summed E-state index contributed by atoms with van der Waals surface area (Å²) in [7, 11) is 0. The molecular weight excluding hydrogens is 287 g/mol. The van der Waals surface area contributed by atoms with E-state index in [1.54, 1.807) is 18.2 Å². The van der Waals surface area contributed by atoms with Gasteiger partial charge >= 0.3 is 0 Å². The Morgan fingerprint density at radius 1 is 1.16 bits per heavy atom. The zero-order valence-electron chi connectivity index (χ0n) is 10.0. The van der Waals surface area contributed by atoms with E-state index in [-0.39, 0.29) is 24.3 Å². The number of halogens is 2. The van der Waals surface area contributed by atoms with Crippen molar-refractivity contribution in [2.24, 2.45) is 5.92 Å². The van der Waals surface area contributed by atoms with Gasteiger partial charge in [0.15, 0.2) is 0 Å². The summed E-state index contributed by atoms with van der Waals surface area (Å²) >= 11 is 12.2. The smallest absolute Gasteiger partial charge is 0.250 e. The number of para-hydroxylation sites is 1. The molecular formula is C13H12Cl2N2O2. The van der Waals surface area contributed by atoms with Gasteiger partial charge in [-0.3, -0.25) is 14.5 Å². The van der Waals surface area contributed by atoms with Gasteiger partial charge in [-0.25, -0.2) is 0 Å². The molecule has 1 saturated heterocycles. The Kier molecular flexibility index (Phi) is 3.15. The van der Waals surface area contributed by atoms with Gasteiger partial charge in [0.2, 0.25) is 11.8 Å². The lowest BCUT2D eigenvalue weighted by atomic mass is 10.1. The second kappa shape index (κ2) is 4.69. The molecule has 2 aliphatic rings. The fourth-order valence-electron chi connectivity index (χ4n) is 2.36. The largest absolute Gasteiger partial charge is 0.342 e. The normalized spacial score (nSPS) is 23.5. The molecule has 1 aliphatic carbocycles. The van der Waals surface area contributed by atoms with Crippen LogP contribution < -0.4 is 10.2 Å². The Balaban J connectivity index is 1.98. The third kappa shape index (κ3) is 2.30. The number of hydrogen-bond donors (Lipinski definition) is 1. The molecule has 1 saturated carbocycles. The van der Waals surface area contributed by atoms with Gasteiger partial charge in [0.25, 0.3) is 0 Å². The number of carbonyl (C=O) groups excluding carboxylic acids is 2. The lowest BCUT2D eigenvalue weighted by Gasteiger charge is -2.33. The quantitative estimate of drug-likeness (QED) is 0.910. The first-order valence-electron chi connectivity index (χ1n) is 6.12.